The predicted molar refractivity (Wildman–Crippen MR) is 72.3 cm³/mol. The number of rotatable bonds is 4. The van der Waals surface area contributed by atoms with Crippen LogP contribution in [0.2, 0.25) is 0 Å². The van der Waals surface area contributed by atoms with Gasteiger partial charge in [-0.25, -0.2) is 4.57 Å². The number of aliphatic hydroxyl groups excluding tert-OH is 4. The van der Waals surface area contributed by atoms with Gasteiger partial charge in [0.2, 0.25) is 11.7 Å². The van der Waals surface area contributed by atoms with Crippen LogP contribution >= 0.6 is 0 Å². The van der Waals surface area contributed by atoms with Crippen LogP contribution in [0.1, 0.15) is 29.3 Å². The number of aliphatic hydroxyl groups is 4. The summed E-state index contributed by atoms with van der Waals surface area (Å²) in [6, 6.07) is 1.16. The van der Waals surface area contributed by atoms with Gasteiger partial charge in [0.05, 0.1) is 6.61 Å². The minimum absolute atomic E-state index is 0.114. The first-order valence-electron chi connectivity index (χ1n) is 6.43. The van der Waals surface area contributed by atoms with Gasteiger partial charge in [0.25, 0.3) is 5.56 Å². The molecule has 0 aromatic carbocycles. The van der Waals surface area contributed by atoms with E-state index in [-0.39, 0.29) is 11.6 Å². The highest BCUT2D eigenvalue weighted by Crippen LogP contribution is 2.19. The van der Waals surface area contributed by atoms with Crippen molar-refractivity contribution < 1.29 is 25.2 Å². The van der Waals surface area contributed by atoms with Gasteiger partial charge in [0, 0.05) is 18.7 Å². The van der Waals surface area contributed by atoms with Crippen molar-refractivity contribution in [3.8, 4) is 0 Å². The van der Waals surface area contributed by atoms with Gasteiger partial charge in [-0.15, -0.1) is 10.2 Å². The molecule has 0 aliphatic carbocycles. The lowest BCUT2D eigenvalue weighted by atomic mass is 10.1. The molecule has 2 heterocycles. The Morgan fingerprint density at radius 3 is 2.50 bits per heavy atom. The molecule has 0 radical (unpaired) electrons. The maximum Gasteiger partial charge on any atom is 0.261 e. The normalized spacial score (nSPS) is 15.7. The van der Waals surface area contributed by atoms with Crippen LogP contribution in [0.4, 0.5) is 0 Å². The highest BCUT2D eigenvalue weighted by molar-refractivity contribution is 5.79. The van der Waals surface area contributed by atoms with Gasteiger partial charge in [-0.2, -0.15) is 0 Å². The highest BCUT2D eigenvalue weighted by atomic mass is 16.4. The van der Waals surface area contributed by atoms with Gasteiger partial charge >= 0.3 is 0 Å². The van der Waals surface area contributed by atoms with E-state index in [0.29, 0.717) is 5.69 Å². The van der Waals surface area contributed by atoms with Gasteiger partial charge < -0.3 is 20.4 Å². The molecule has 0 fully saturated rings. The second kappa shape index (κ2) is 5.93. The summed E-state index contributed by atoms with van der Waals surface area (Å²) in [6.07, 6.45) is -4.97. The molecule has 3 atom stereocenters. The van der Waals surface area contributed by atoms with Crippen molar-refractivity contribution in [3.05, 3.63) is 27.9 Å². The molecule has 2 aromatic heterocycles. The van der Waals surface area contributed by atoms with E-state index in [2.05, 4.69) is 10.2 Å². The zero-order valence-electron chi connectivity index (χ0n) is 11.9. The lowest BCUT2D eigenvalue weighted by molar-refractivity contribution is -0.0806. The van der Waals surface area contributed by atoms with Gasteiger partial charge in [-0.3, -0.25) is 14.0 Å². The minimum atomic E-state index is -1.71. The number of aromatic nitrogens is 4. The number of aryl methyl sites for hydroxylation is 1. The topological polar surface area (TPSA) is 150 Å². The van der Waals surface area contributed by atoms with Gasteiger partial charge in [0.15, 0.2) is 5.82 Å². The second-order valence-corrected chi connectivity index (χ2v) is 4.86. The van der Waals surface area contributed by atoms with Crippen LogP contribution in [-0.2, 0) is 0 Å². The fraction of sp³-hybridized carbons (Fsp3) is 0.500. The molecule has 0 unspecified atom stereocenters. The SMILES string of the molecule is CC(=O)n1c(=O)cc(C)n2c([C@H](O)[C@@H](O)[C@@H](O)CO)nnc12. The molecule has 0 amide bonds. The van der Waals surface area contributed by atoms with E-state index in [1.54, 1.807) is 0 Å². The smallest absolute Gasteiger partial charge is 0.261 e. The number of carbonyl (C=O) groups excluding carboxylic acids is 1. The first kappa shape index (κ1) is 16.2. The van der Waals surface area contributed by atoms with E-state index in [4.69, 9.17) is 5.11 Å². The third-order valence-electron chi connectivity index (χ3n) is 3.26. The summed E-state index contributed by atoms with van der Waals surface area (Å²) < 4.78 is 1.99. The number of hydrogen-bond acceptors (Lipinski definition) is 8. The number of hydrogen-bond donors (Lipinski definition) is 4. The third kappa shape index (κ3) is 2.52. The van der Waals surface area contributed by atoms with E-state index in [1.807, 2.05) is 0 Å². The molecule has 0 bridgehead atoms. The summed E-state index contributed by atoms with van der Waals surface area (Å²) in [5, 5.41) is 45.4. The molecule has 4 N–H and O–H groups in total. The van der Waals surface area contributed by atoms with E-state index >= 15 is 0 Å². The molecular formula is C12H16N4O6. The molecule has 2 rings (SSSR count). The van der Waals surface area contributed by atoms with Crippen LogP contribution in [0.5, 0.6) is 0 Å². The molecule has 120 valence electrons. The van der Waals surface area contributed by atoms with Crippen molar-refractivity contribution in [2.75, 3.05) is 6.61 Å². The molecule has 0 saturated carbocycles. The van der Waals surface area contributed by atoms with Crippen LogP contribution in [0.25, 0.3) is 5.78 Å². The van der Waals surface area contributed by atoms with Crippen molar-refractivity contribution in [1.82, 2.24) is 19.2 Å². The van der Waals surface area contributed by atoms with Crippen LogP contribution < -0.4 is 5.56 Å². The minimum Gasteiger partial charge on any atom is -0.394 e. The van der Waals surface area contributed by atoms with E-state index in [9.17, 15) is 24.9 Å². The van der Waals surface area contributed by atoms with Crippen molar-refractivity contribution in [2.45, 2.75) is 32.2 Å². The zero-order valence-corrected chi connectivity index (χ0v) is 11.9. The summed E-state index contributed by atoms with van der Waals surface area (Å²) >= 11 is 0. The average Bonchev–Trinajstić information content (AvgIpc) is 2.89. The largest absolute Gasteiger partial charge is 0.394 e. The zero-order chi connectivity index (χ0) is 16.6. The molecule has 0 aliphatic heterocycles. The molecule has 0 aliphatic rings. The number of fused-ring (bicyclic) bond motifs is 1. The molecule has 10 nitrogen and oxygen atoms in total. The Hall–Kier alpha value is -2.14. The average molecular weight is 312 g/mol. The van der Waals surface area contributed by atoms with Crippen LogP contribution in [0.3, 0.4) is 0 Å². The van der Waals surface area contributed by atoms with Gasteiger partial charge in [-0.05, 0) is 6.92 Å². The summed E-state index contributed by atoms with van der Waals surface area (Å²) in [7, 11) is 0. The van der Waals surface area contributed by atoms with Crippen LogP contribution in [0.15, 0.2) is 10.9 Å². The van der Waals surface area contributed by atoms with Crippen LogP contribution in [0, 0.1) is 6.92 Å². The number of nitrogens with zero attached hydrogens (tertiary/aromatic N) is 4. The first-order valence-corrected chi connectivity index (χ1v) is 6.43. The third-order valence-corrected chi connectivity index (χ3v) is 3.26. The Labute approximate surface area is 123 Å². The van der Waals surface area contributed by atoms with Crippen molar-refractivity contribution in [1.29, 1.82) is 0 Å². The van der Waals surface area contributed by atoms with E-state index in [1.165, 1.54) is 18.2 Å². The maximum absolute atomic E-state index is 11.8. The van der Waals surface area contributed by atoms with Crippen molar-refractivity contribution in [2.24, 2.45) is 0 Å². The van der Waals surface area contributed by atoms with E-state index in [0.717, 1.165) is 10.6 Å². The molecule has 2 aromatic rings. The Kier molecular flexibility index (Phi) is 4.37. The first-order chi connectivity index (χ1) is 10.3. The van der Waals surface area contributed by atoms with Crippen molar-refractivity contribution in [3.63, 3.8) is 0 Å². The maximum atomic E-state index is 11.8. The van der Waals surface area contributed by atoms with Crippen LogP contribution in [-0.4, -0.2) is 64.3 Å². The second-order valence-electron chi connectivity index (χ2n) is 4.86. The van der Waals surface area contributed by atoms with Crippen molar-refractivity contribution >= 4 is 11.7 Å². The lowest BCUT2D eigenvalue weighted by Crippen LogP contribution is -2.36. The standard InChI is InChI=1S/C12H16N4O6/c1-5-3-8(20)16(6(2)18)12-14-13-11(15(5)12)10(22)9(21)7(19)4-17/h3,7,9-10,17,19,21-22H,4H2,1-2H3/t7-,9-,10+/m0/s1. The molecular weight excluding hydrogens is 296 g/mol. The van der Waals surface area contributed by atoms with E-state index < -0.39 is 36.4 Å². The summed E-state index contributed by atoms with van der Waals surface area (Å²) in [6.45, 7) is 1.95. The summed E-state index contributed by atoms with van der Waals surface area (Å²) in [4.78, 5) is 23.4. The quantitative estimate of drug-likeness (QED) is 0.488. The lowest BCUT2D eigenvalue weighted by Gasteiger charge is -2.20. The fourth-order valence-corrected chi connectivity index (χ4v) is 2.14. The Morgan fingerprint density at radius 1 is 1.32 bits per heavy atom. The summed E-state index contributed by atoms with van der Waals surface area (Å²) in [5.74, 6) is -0.862. The molecule has 10 heteroatoms. The fourth-order valence-electron chi connectivity index (χ4n) is 2.14. The number of carbonyl (C=O) groups is 1. The monoisotopic (exact) mass is 312 g/mol. The molecule has 22 heavy (non-hydrogen) atoms. The van der Waals surface area contributed by atoms with Gasteiger partial charge in [-0.1, -0.05) is 0 Å². The highest BCUT2D eigenvalue weighted by Gasteiger charge is 2.30. The Morgan fingerprint density at radius 2 is 1.95 bits per heavy atom. The molecule has 0 spiro atoms. The van der Waals surface area contributed by atoms with Gasteiger partial charge in [0.1, 0.15) is 18.3 Å². The molecule has 0 saturated heterocycles. The Balaban J connectivity index is 2.66. The Bertz CT molecular complexity index is 767. The predicted octanol–water partition coefficient (Wildman–Crippen LogP) is -2.39. The summed E-state index contributed by atoms with van der Waals surface area (Å²) in [5.41, 5.74) is -0.260.